The first-order valence-electron chi connectivity index (χ1n) is 5.75. The molecule has 2 aromatic rings. The van der Waals surface area contributed by atoms with Crippen molar-refractivity contribution >= 4 is 11.2 Å². The fourth-order valence-corrected chi connectivity index (χ4v) is 1.89. The van der Waals surface area contributed by atoms with Crippen molar-refractivity contribution in [2.45, 2.75) is 25.6 Å². The predicted octanol–water partition coefficient (Wildman–Crippen LogP) is 0.653. The highest BCUT2D eigenvalue weighted by Gasteiger charge is 2.18. The number of hydrogen-bond donors (Lipinski definition) is 0. The zero-order chi connectivity index (χ0) is 12.4. The van der Waals surface area contributed by atoms with Crippen LogP contribution in [0.5, 0.6) is 0 Å². The summed E-state index contributed by atoms with van der Waals surface area (Å²) in [5.41, 5.74) is 1.17. The zero-order valence-corrected chi connectivity index (χ0v) is 9.61. The summed E-state index contributed by atoms with van der Waals surface area (Å²) >= 11 is 0. The molecule has 18 heavy (non-hydrogen) atoms. The Balaban J connectivity index is 1.91. The number of fused-ring (bicyclic) bond motifs is 1. The minimum atomic E-state index is -0.281. The molecule has 0 amide bonds. The maximum atomic E-state index is 8.91. The highest BCUT2D eigenvalue weighted by atomic mass is 16.8. The number of imidazole rings is 1. The van der Waals surface area contributed by atoms with Gasteiger partial charge in [0.15, 0.2) is 5.69 Å². The zero-order valence-electron chi connectivity index (χ0n) is 9.61. The average molecular weight is 245 g/mol. The van der Waals surface area contributed by atoms with Crippen LogP contribution in [0.25, 0.3) is 11.2 Å². The number of nitrogens with zero attached hydrogens (tertiary/aromatic N) is 5. The van der Waals surface area contributed by atoms with E-state index >= 15 is 0 Å². The summed E-state index contributed by atoms with van der Waals surface area (Å²) in [7, 11) is 0. The number of rotatable bonds is 2. The molecule has 7 nitrogen and oxygen atoms in total. The standard InChI is InChI=1S/C11H11N5O2/c12-5-8-10-11(14-6-13-8)16(7-15-10)18-9-3-1-2-4-17-9/h6-7,9H,1-4H2. The van der Waals surface area contributed by atoms with E-state index in [9.17, 15) is 0 Å². The molecule has 3 heterocycles. The Morgan fingerprint density at radius 2 is 2.33 bits per heavy atom. The third-order valence-electron chi connectivity index (χ3n) is 2.78. The lowest BCUT2D eigenvalue weighted by Crippen LogP contribution is -2.30. The van der Waals surface area contributed by atoms with Gasteiger partial charge in [-0.05, 0) is 12.8 Å². The molecule has 1 fully saturated rings. The van der Waals surface area contributed by atoms with Gasteiger partial charge in [-0.15, -0.1) is 4.73 Å². The van der Waals surface area contributed by atoms with E-state index in [1.54, 1.807) is 0 Å². The Morgan fingerprint density at radius 1 is 1.39 bits per heavy atom. The molecular weight excluding hydrogens is 234 g/mol. The second-order valence-corrected chi connectivity index (χ2v) is 3.98. The highest BCUT2D eigenvalue weighted by molar-refractivity contribution is 5.75. The lowest BCUT2D eigenvalue weighted by Gasteiger charge is -2.22. The second kappa shape index (κ2) is 4.58. The molecule has 0 bridgehead atoms. The van der Waals surface area contributed by atoms with E-state index in [0.29, 0.717) is 17.8 Å². The van der Waals surface area contributed by atoms with Crippen molar-refractivity contribution < 1.29 is 9.57 Å². The van der Waals surface area contributed by atoms with Crippen molar-refractivity contribution in [3.05, 3.63) is 18.3 Å². The molecule has 3 rings (SSSR count). The second-order valence-electron chi connectivity index (χ2n) is 3.98. The van der Waals surface area contributed by atoms with Gasteiger partial charge in [-0.1, -0.05) is 0 Å². The maximum Gasteiger partial charge on any atom is 0.224 e. The van der Waals surface area contributed by atoms with E-state index in [1.165, 1.54) is 17.4 Å². The van der Waals surface area contributed by atoms with Crippen molar-refractivity contribution in [2.75, 3.05) is 6.61 Å². The molecule has 1 saturated heterocycles. The van der Waals surface area contributed by atoms with Crippen molar-refractivity contribution in [2.24, 2.45) is 0 Å². The smallest absolute Gasteiger partial charge is 0.224 e. The fourth-order valence-electron chi connectivity index (χ4n) is 1.89. The first kappa shape index (κ1) is 10.9. The Bertz CT molecular complexity index is 597. The molecule has 1 atom stereocenters. The topological polar surface area (TPSA) is 85.9 Å². The Morgan fingerprint density at radius 3 is 3.11 bits per heavy atom. The lowest BCUT2D eigenvalue weighted by molar-refractivity contribution is -0.162. The Kier molecular flexibility index (Phi) is 2.78. The molecule has 2 aromatic heterocycles. The van der Waals surface area contributed by atoms with E-state index in [-0.39, 0.29) is 12.0 Å². The van der Waals surface area contributed by atoms with Crippen molar-refractivity contribution in [1.29, 1.82) is 5.26 Å². The molecule has 0 saturated carbocycles. The van der Waals surface area contributed by atoms with Crippen LogP contribution < -0.4 is 4.84 Å². The third-order valence-corrected chi connectivity index (χ3v) is 2.78. The van der Waals surface area contributed by atoms with Gasteiger partial charge in [0, 0.05) is 6.42 Å². The number of hydrogen-bond acceptors (Lipinski definition) is 6. The average Bonchev–Trinajstić information content (AvgIpc) is 2.83. The van der Waals surface area contributed by atoms with Crippen molar-refractivity contribution in [1.82, 2.24) is 19.7 Å². The number of ether oxygens (including phenoxy) is 1. The summed E-state index contributed by atoms with van der Waals surface area (Å²) in [5.74, 6) is 0. The minimum Gasteiger partial charge on any atom is -0.379 e. The SMILES string of the molecule is N#Cc1ncnc2c1ncn2OC1CCCCO1. The molecule has 1 aliphatic rings. The van der Waals surface area contributed by atoms with E-state index in [2.05, 4.69) is 15.0 Å². The monoisotopic (exact) mass is 245 g/mol. The third kappa shape index (κ3) is 1.87. The molecule has 0 N–H and O–H groups in total. The van der Waals surface area contributed by atoms with E-state index in [0.717, 1.165) is 19.3 Å². The van der Waals surface area contributed by atoms with Crippen LogP contribution in [0, 0.1) is 11.3 Å². The molecule has 0 spiro atoms. The lowest BCUT2D eigenvalue weighted by atomic mass is 10.2. The van der Waals surface area contributed by atoms with Crippen LogP contribution in [-0.2, 0) is 4.74 Å². The summed E-state index contributed by atoms with van der Waals surface area (Å²) < 4.78 is 6.92. The molecule has 0 radical (unpaired) electrons. The van der Waals surface area contributed by atoms with Crippen LogP contribution in [-0.4, -0.2) is 32.6 Å². The molecule has 0 aliphatic carbocycles. The van der Waals surface area contributed by atoms with E-state index in [1.807, 2.05) is 6.07 Å². The Labute approximate surface area is 103 Å². The van der Waals surface area contributed by atoms with Crippen LogP contribution >= 0.6 is 0 Å². The number of aromatic nitrogens is 4. The van der Waals surface area contributed by atoms with Crippen LogP contribution in [0.3, 0.4) is 0 Å². The highest BCUT2D eigenvalue weighted by Crippen LogP contribution is 2.15. The normalized spacial score (nSPS) is 19.6. The Hall–Kier alpha value is -2.20. The van der Waals surface area contributed by atoms with Gasteiger partial charge in [0.2, 0.25) is 11.9 Å². The molecule has 1 unspecified atom stereocenters. The summed E-state index contributed by atoms with van der Waals surface area (Å²) in [5, 5.41) is 8.91. The van der Waals surface area contributed by atoms with E-state index < -0.39 is 0 Å². The van der Waals surface area contributed by atoms with Gasteiger partial charge in [-0.25, -0.2) is 15.0 Å². The van der Waals surface area contributed by atoms with Gasteiger partial charge in [0.05, 0.1) is 6.61 Å². The largest absolute Gasteiger partial charge is 0.379 e. The molecule has 1 aliphatic heterocycles. The van der Waals surface area contributed by atoms with Gasteiger partial charge in [-0.2, -0.15) is 5.26 Å². The van der Waals surface area contributed by atoms with Crippen LogP contribution in [0.1, 0.15) is 25.0 Å². The van der Waals surface area contributed by atoms with Gasteiger partial charge >= 0.3 is 0 Å². The summed E-state index contributed by atoms with van der Waals surface area (Å²) in [6, 6.07) is 1.97. The van der Waals surface area contributed by atoms with Crippen LogP contribution in [0.15, 0.2) is 12.7 Å². The van der Waals surface area contributed by atoms with Crippen molar-refractivity contribution in [3.8, 4) is 6.07 Å². The van der Waals surface area contributed by atoms with E-state index in [4.69, 9.17) is 14.8 Å². The fraction of sp³-hybridized carbons (Fsp3) is 0.455. The van der Waals surface area contributed by atoms with Crippen LogP contribution in [0.2, 0.25) is 0 Å². The maximum absolute atomic E-state index is 8.91. The first-order chi connectivity index (χ1) is 8.88. The quantitative estimate of drug-likeness (QED) is 0.772. The van der Waals surface area contributed by atoms with Crippen molar-refractivity contribution in [3.63, 3.8) is 0 Å². The van der Waals surface area contributed by atoms with Crippen LogP contribution in [0.4, 0.5) is 0 Å². The summed E-state index contributed by atoms with van der Waals surface area (Å²) in [4.78, 5) is 17.7. The van der Waals surface area contributed by atoms with Gasteiger partial charge in [0.25, 0.3) is 0 Å². The summed E-state index contributed by atoms with van der Waals surface area (Å²) in [6.45, 7) is 0.704. The van der Waals surface area contributed by atoms with Gasteiger partial charge in [-0.3, -0.25) is 0 Å². The first-order valence-corrected chi connectivity index (χ1v) is 5.75. The summed E-state index contributed by atoms with van der Waals surface area (Å²) in [6.07, 6.45) is 5.51. The van der Waals surface area contributed by atoms with Gasteiger partial charge < -0.3 is 9.57 Å². The molecule has 92 valence electrons. The predicted molar refractivity (Wildman–Crippen MR) is 60.2 cm³/mol. The molecule has 7 heteroatoms. The van der Waals surface area contributed by atoms with Gasteiger partial charge in [0.1, 0.15) is 24.2 Å². The molecule has 0 aromatic carbocycles. The minimum absolute atomic E-state index is 0.243. The molecular formula is C11H11N5O2. The number of nitriles is 1.